The van der Waals surface area contributed by atoms with Gasteiger partial charge in [-0.2, -0.15) is 0 Å². The molecule has 0 fully saturated rings. The second-order valence-corrected chi connectivity index (χ2v) is 3.34. The molecule has 1 aliphatic rings. The maximum absolute atomic E-state index is 11.8. The third-order valence-electron chi connectivity index (χ3n) is 2.23. The van der Waals surface area contributed by atoms with Gasteiger partial charge in [0.25, 0.3) is 5.91 Å². The van der Waals surface area contributed by atoms with Crippen molar-refractivity contribution < 1.29 is 4.79 Å². The lowest BCUT2D eigenvalue weighted by atomic mass is 10.1. The lowest BCUT2D eigenvalue weighted by molar-refractivity contribution is 0.0832. The first-order valence-corrected chi connectivity index (χ1v) is 4.30. The normalized spacial score (nSPS) is 15.1. The maximum Gasteiger partial charge on any atom is 0.262 e. The van der Waals surface area contributed by atoms with Crippen molar-refractivity contribution in [3.05, 3.63) is 35.8 Å². The molecule has 0 bridgehead atoms. The highest BCUT2D eigenvalue weighted by molar-refractivity contribution is 6.02. The molecule has 14 heavy (non-hydrogen) atoms. The van der Waals surface area contributed by atoms with Gasteiger partial charge in [0.15, 0.2) is 0 Å². The molecule has 0 aromatic carbocycles. The number of hydrogen-bond acceptors (Lipinski definition) is 3. The van der Waals surface area contributed by atoms with E-state index >= 15 is 0 Å². The zero-order valence-corrected chi connectivity index (χ0v) is 8.16. The lowest BCUT2D eigenvalue weighted by Crippen LogP contribution is -2.34. The van der Waals surface area contributed by atoms with Crippen LogP contribution in [-0.4, -0.2) is 22.8 Å². The summed E-state index contributed by atoms with van der Waals surface area (Å²) in [6, 6.07) is 1.82. The van der Waals surface area contributed by atoms with Gasteiger partial charge in [0.2, 0.25) is 0 Å². The Bertz CT molecular complexity index is 425. The Kier molecular flexibility index (Phi) is 1.77. The van der Waals surface area contributed by atoms with E-state index < -0.39 is 0 Å². The number of amides is 1. The summed E-state index contributed by atoms with van der Waals surface area (Å²) in [6.45, 7) is 5.63. The summed E-state index contributed by atoms with van der Waals surface area (Å²) in [7, 11) is 1.68. The number of aryl methyl sites for hydroxylation is 1. The number of rotatable bonds is 0. The predicted molar refractivity (Wildman–Crippen MR) is 53.8 cm³/mol. The summed E-state index contributed by atoms with van der Waals surface area (Å²) < 4.78 is 0. The fourth-order valence-corrected chi connectivity index (χ4v) is 1.36. The fourth-order valence-electron chi connectivity index (χ4n) is 1.36. The van der Waals surface area contributed by atoms with Gasteiger partial charge in [-0.1, -0.05) is 6.58 Å². The van der Waals surface area contributed by atoms with E-state index in [4.69, 9.17) is 0 Å². The van der Waals surface area contributed by atoms with Crippen LogP contribution in [0.25, 0.3) is 0 Å². The van der Waals surface area contributed by atoms with Crippen molar-refractivity contribution >= 4 is 11.7 Å². The van der Waals surface area contributed by atoms with Gasteiger partial charge in [0, 0.05) is 13.2 Å². The van der Waals surface area contributed by atoms with E-state index in [9.17, 15) is 4.79 Å². The molecule has 72 valence electrons. The van der Waals surface area contributed by atoms with Gasteiger partial charge in [0.1, 0.15) is 11.6 Å². The van der Waals surface area contributed by atoms with E-state index in [1.807, 2.05) is 13.0 Å². The smallest absolute Gasteiger partial charge is 0.262 e. The first-order valence-electron chi connectivity index (χ1n) is 4.30. The Morgan fingerprint density at radius 2 is 2.29 bits per heavy atom. The Morgan fingerprint density at radius 1 is 1.57 bits per heavy atom. The molecule has 2 heterocycles. The number of pyridine rings is 1. The number of hydrogen-bond donors (Lipinski definition) is 1. The van der Waals surface area contributed by atoms with Crippen LogP contribution in [0.1, 0.15) is 15.9 Å². The van der Waals surface area contributed by atoms with Crippen molar-refractivity contribution in [3.8, 4) is 0 Å². The molecular weight excluding hydrogens is 178 g/mol. The molecule has 4 nitrogen and oxygen atoms in total. The van der Waals surface area contributed by atoms with E-state index in [2.05, 4.69) is 16.9 Å². The van der Waals surface area contributed by atoms with Crippen molar-refractivity contribution in [2.45, 2.75) is 6.92 Å². The summed E-state index contributed by atoms with van der Waals surface area (Å²) in [4.78, 5) is 17.4. The van der Waals surface area contributed by atoms with Crippen LogP contribution < -0.4 is 5.32 Å². The minimum atomic E-state index is -0.0695. The largest absolute Gasteiger partial charge is 0.326 e. The van der Waals surface area contributed by atoms with E-state index in [0.717, 1.165) is 5.56 Å². The van der Waals surface area contributed by atoms with Crippen LogP contribution in [0.4, 0.5) is 5.82 Å². The molecule has 1 aliphatic heterocycles. The minimum absolute atomic E-state index is 0.0695. The zero-order valence-electron chi connectivity index (χ0n) is 8.16. The maximum atomic E-state index is 11.8. The fraction of sp³-hybridized carbons (Fsp3) is 0.200. The van der Waals surface area contributed by atoms with E-state index in [1.165, 1.54) is 4.90 Å². The van der Waals surface area contributed by atoms with Gasteiger partial charge in [-0.3, -0.25) is 9.69 Å². The number of carbonyl (C=O) groups excluding carboxylic acids is 1. The first-order chi connectivity index (χ1) is 6.59. The van der Waals surface area contributed by atoms with E-state index in [0.29, 0.717) is 17.2 Å². The van der Waals surface area contributed by atoms with Crippen LogP contribution in [0.5, 0.6) is 0 Å². The van der Waals surface area contributed by atoms with Gasteiger partial charge in [-0.15, -0.1) is 0 Å². The standard InChI is InChI=1S/C10H11N3O/c1-6-4-8-9(11-5-6)12-7(2)13(3)10(8)14/h4-5H,2H2,1,3H3,(H,11,12). The van der Waals surface area contributed by atoms with Crippen molar-refractivity contribution in [2.75, 3.05) is 12.4 Å². The highest BCUT2D eigenvalue weighted by Crippen LogP contribution is 2.23. The molecule has 0 radical (unpaired) electrons. The molecule has 1 N–H and O–H groups in total. The van der Waals surface area contributed by atoms with Gasteiger partial charge < -0.3 is 5.32 Å². The van der Waals surface area contributed by atoms with Crippen LogP contribution in [0.15, 0.2) is 24.7 Å². The molecule has 1 aromatic rings. The topological polar surface area (TPSA) is 45.2 Å². The zero-order chi connectivity index (χ0) is 10.3. The number of nitrogens with one attached hydrogen (secondary N) is 1. The molecule has 0 atom stereocenters. The Hall–Kier alpha value is -1.84. The van der Waals surface area contributed by atoms with Gasteiger partial charge in [0.05, 0.1) is 5.56 Å². The molecule has 2 rings (SSSR count). The predicted octanol–water partition coefficient (Wildman–Crippen LogP) is 1.36. The Balaban J connectivity index is 2.57. The van der Waals surface area contributed by atoms with Crippen molar-refractivity contribution in [1.29, 1.82) is 0 Å². The molecule has 0 spiro atoms. The van der Waals surface area contributed by atoms with Crippen LogP contribution in [0.3, 0.4) is 0 Å². The average Bonchev–Trinajstić information content (AvgIpc) is 2.16. The van der Waals surface area contributed by atoms with Gasteiger partial charge >= 0.3 is 0 Å². The van der Waals surface area contributed by atoms with Gasteiger partial charge in [-0.05, 0) is 18.6 Å². The third kappa shape index (κ3) is 1.16. The molecule has 4 heteroatoms. The number of aromatic nitrogens is 1. The van der Waals surface area contributed by atoms with Crippen LogP contribution in [0.2, 0.25) is 0 Å². The minimum Gasteiger partial charge on any atom is -0.326 e. The van der Waals surface area contributed by atoms with Crippen molar-refractivity contribution in [2.24, 2.45) is 0 Å². The third-order valence-corrected chi connectivity index (χ3v) is 2.23. The second-order valence-electron chi connectivity index (χ2n) is 3.34. The number of anilines is 1. The number of fused-ring (bicyclic) bond motifs is 1. The van der Waals surface area contributed by atoms with Crippen LogP contribution >= 0.6 is 0 Å². The molecule has 0 unspecified atom stereocenters. The molecule has 0 saturated carbocycles. The van der Waals surface area contributed by atoms with Gasteiger partial charge in [-0.25, -0.2) is 4.98 Å². The Morgan fingerprint density at radius 3 is 3.00 bits per heavy atom. The lowest BCUT2D eigenvalue weighted by Gasteiger charge is -2.27. The molecule has 0 saturated heterocycles. The molecule has 0 aliphatic carbocycles. The summed E-state index contributed by atoms with van der Waals surface area (Å²) >= 11 is 0. The summed E-state index contributed by atoms with van der Waals surface area (Å²) in [5.41, 5.74) is 1.57. The molecular formula is C10H11N3O. The second kappa shape index (κ2) is 2.83. The van der Waals surface area contributed by atoms with Crippen LogP contribution in [-0.2, 0) is 0 Å². The monoisotopic (exact) mass is 189 g/mol. The van der Waals surface area contributed by atoms with E-state index in [-0.39, 0.29) is 5.91 Å². The highest BCUT2D eigenvalue weighted by atomic mass is 16.2. The van der Waals surface area contributed by atoms with Crippen molar-refractivity contribution in [1.82, 2.24) is 9.88 Å². The highest BCUT2D eigenvalue weighted by Gasteiger charge is 2.24. The molecule has 1 aromatic heterocycles. The summed E-state index contributed by atoms with van der Waals surface area (Å²) in [6.07, 6.45) is 1.72. The van der Waals surface area contributed by atoms with E-state index in [1.54, 1.807) is 13.2 Å². The summed E-state index contributed by atoms with van der Waals surface area (Å²) in [5.74, 6) is 1.07. The SMILES string of the molecule is C=C1Nc2ncc(C)cc2C(=O)N1C. The summed E-state index contributed by atoms with van der Waals surface area (Å²) in [5, 5.41) is 2.97. The van der Waals surface area contributed by atoms with Crippen LogP contribution in [0, 0.1) is 6.92 Å². The van der Waals surface area contributed by atoms with Crippen molar-refractivity contribution in [3.63, 3.8) is 0 Å². The molecule has 1 amide bonds. The quantitative estimate of drug-likeness (QED) is 0.670. The number of nitrogens with zero attached hydrogens (tertiary/aromatic N) is 2. The first kappa shape index (κ1) is 8.74. The average molecular weight is 189 g/mol. The Labute approximate surface area is 82.3 Å². The number of carbonyl (C=O) groups is 1.